The van der Waals surface area contributed by atoms with E-state index < -0.39 is 6.17 Å². The number of hydrogen-bond donors (Lipinski definition) is 0. The third-order valence-electron chi connectivity index (χ3n) is 2.24. The van der Waals surface area contributed by atoms with Crippen molar-refractivity contribution in [2.24, 2.45) is 11.8 Å². The molecule has 0 amide bonds. The highest BCUT2D eigenvalue weighted by molar-refractivity contribution is 5.65. The first-order chi connectivity index (χ1) is 5.27. The second-order valence-electron chi connectivity index (χ2n) is 3.01. The highest BCUT2D eigenvalue weighted by Crippen LogP contribution is 2.28. The maximum atomic E-state index is 12.7. The van der Waals surface area contributed by atoms with Gasteiger partial charge in [0, 0.05) is 11.8 Å². The van der Waals surface area contributed by atoms with Gasteiger partial charge in [-0.25, -0.2) is 4.39 Å². The summed E-state index contributed by atoms with van der Waals surface area (Å²) < 4.78 is 12.7. The summed E-state index contributed by atoms with van der Waals surface area (Å²) in [6.45, 7) is 0. The molecule has 0 saturated heterocycles. The molecule has 0 heterocycles. The summed E-state index contributed by atoms with van der Waals surface area (Å²) in [4.78, 5) is 20.7. The Labute approximate surface area is 64.8 Å². The molecule has 3 heteroatoms. The summed E-state index contributed by atoms with van der Waals surface area (Å²) >= 11 is 0. The molecule has 1 aliphatic rings. The largest absolute Gasteiger partial charge is 0.303 e. The molecule has 3 atom stereocenters. The highest BCUT2D eigenvalue weighted by Gasteiger charge is 2.29. The van der Waals surface area contributed by atoms with Crippen molar-refractivity contribution in [3.8, 4) is 0 Å². The van der Waals surface area contributed by atoms with Crippen molar-refractivity contribution in [3.63, 3.8) is 0 Å². The topological polar surface area (TPSA) is 34.1 Å². The summed E-state index contributed by atoms with van der Waals surface area (Å²) in [5.41, 5.74) is 0. The van der Waals surface area contributed by atoms with E-state index in [0.717, 1.165) is 6.29 Å². The number of aldehydes is 2. The molecule has 0 N–H and O–H groups in total. The van der Waals surface area contributed by atoms with Crippen LogP contribution in [-0.2, 0) is 9.59 Å². The fraction of sp³-hybridized carbons (Fsp3) is 0.750. The standard InChI is InChI=1S/C8H11FO2/c9-8-2-1-6(4-10)7(3-8)5-11/h4-8H,1-3H2. The van der Waals surface area contributed by atoms with Crippen LogP contribution >= 0.6 is 0 Å². The van der Waals surface area contributed by atoms with E-state index in [1.54, 1.807) is 0 Å². The van der Waals surface area contributed by atoms with Crippen molar-refractivity contribution in [3.05, 3.63) is 0 Å². The summed E-state index contributed by atoms with van der Waals surface area (Å²) in [5.74, 6) is -0.615. The van der Waals surface area contributed by atoms with Gasteiger partial charge in [0.1, 0.15) is 18.7 Å². The molecule has 1 saturated carbocycles. The molecule has 11 heavy (non-hydrogen) atoms. The van der Waals surface area contributed by atoms with Crippen molar-refractivity contribution >= 4 is 12.6 Å². The Morgan fingerprint density at radius 1 is 1.09 bits per heavy atom. The van der Waals surface area contributed by atoms with Crippen molar-refractivity contribution in [2.45, 2.75) is 25.4 Å². The minimum absolute atomic E-state index is 0.229. The van der Waals surface area contributed by atoms with Gasteiger partial charge < -0.3 is 9.59 Å². The van der Waals surface area contributed by atoms with E-state index in [4.69, 9.17) is 0 Å². The predicted molar refractivity (Wildman–Crippen MR) is 37.9 cm³/mol. The minimum Gasteiger partial charge on any atom is -0.303 e. The molecule has 1 rings (SSSR count). The average Bonchev–Trinajstić information content (AvgIpc) is 2.04. The zero-order valence-electron chi connectivity index (χ0n) is 6.20. The van der Waals surface area contributed by atoms with Crippen LogP contribution in [0.25, 0.3) is 0 Å². The van der Waals surface area contributed by atoms with Gasteiger partial charge in [0.25, 0.3) is 0 Å². The lowest BCUT2D eigenvalue weighted by Crippen LogP contribution is -2.27. The van der Waals surface area contributed by atoms with Gasteiger partial charge >= 0.3 is 0 Å². The van der Waals surface area contributed by atoms with E-state index in [0.29, 0.717) is 19.1 Å². The molecule has 62 valence electrons. The van der Waals surface area contributed by atoms with Crippen LogP contribution in [0.15, 0.2) is 0 Å². The molecule has 3 unspecified atom stereocenters. The first-order valence-electron chi connectivity index (χ1n) is 3.82. The Hall–Kier alpha value is -0.730. The lowest BCUT2D eigenvalue weighted by Gasteiger charge is -2.25. The SMILES string of the molecule is O=CC1CCC(F)CC1C=O. The summed E-state index contributed by atoms with van der Waals surface area (Å²) in [6, 6.07) is 0. The quantitative estimate of drug-likeness (QED) is 0.565. The lowest BCUT2D eigenvalue weighted by atomic mass is 9.80. The molecule has 0 radical (unpaired) electrons. The molecule has 2 nitrogen and oxygen atoms in total. The number of carbonyl (C=O) groups is 2. The molecule has 0 bridgehead atoms. The molecule has 0 aliphatic heterocycles. The van der Waals surface area contributed by atoms with Crippen LogP contribution in [0.3, 0.4) is 0 Å². The molecule has 1 fully saturated rings. The summed E-state index contributed by atoms with van der Waals surface area (Å²) in [5, 5.41) is 0. The molecular formula is C8H11FO2. The monoisotopic (exact) mass is 158 g/mol. The molecule has 1 aliphatic carbocycles. The van der Waals surface area contributed by atoms with E-state index in [-0.39, 0.29) is 18.3 Å². The van der Waals surface area contributed by atoms with Gasteiger partial charge in [0.15, 0.2) is 0 Å². The third kappa shape index (κ3) is 1.85. The summed E-state index contributed by atoms with van der Waals surface area (Å²) in [6.07, 6.45) is 1.76. The highest BCUT2D eigenvalue weighted by atomic mass is 19.1. The maximum absolute atomic E-state index is 12.7. The van der Waals surface area contributed by atoms with E-state index >= 15 is 0 Å². The van der Waals surface area contributed by atoms with Gasteiger partial charge in [-0.3, -0.25) is 0 Å². The van der Waals surface area contributed by atoms with Gasteiger partial charge in [-0.15, -0.1) is 0 Å². The van der Waals surface area contributed by atoms with E-state index in [1.165, 1.54) is 0 Å². The Kier molecular flexibility index (Phi) is 2.74. The van der Waals surface area contributed by atoms with Gasteiger partial charge in [0.05, 0.1) is 0 Å². The zero-order valence-corrected chi connectivity index (χ0v) is 6.20. The molecular weight excluding hydrogens is 147 g/mol. The maximum Gasteiger partial charge on any atom is 0.123 e. The number of rotatable bonds is 2. The van der Waals surface area contributed by atoms with Crippen molar-refractivity contribution in [2.75, 3.05) is 0 Å². The van der Waals surface area contributed by atoms with E-state index in [1.807, 2.05) is 0 Å². The number of alkyl halides is 1. The van der Waals surface area contributed by atoms with Gasteiger partial charge in [-0.05, 0) is 19.3 Å². The third-order valence-corrected chi connectivity index (χ3v) is 2.24. The Morgan fingerprint density at radius 3 is 2.27 bits per heavy atom. The van der Waals surface area contributed by atoms with Gasteiger partial charge in [0.2, 0.25) is 0 Å². The summed E-state index contributed by atoms with van der Waals surface area (Å²) in [7, 11) is 0. The first kappa shape index (κ1) is 8.37. The van der Waals surface area contributed by atoms with Crippen LogP contribution in [0, 0.1) is 11.8 Å². The smallest absolute Gasteiger partial charge is 0.123 e. The fourth-order valence-electron chi connectivity index (χ4n) is 1.50. The molecule has 0 aromatic heterocycles. The first-order valence-corrected chi connectivity index (χ1v) is 3.82. The van der Waals surface area contributed by atoms with Crippen LogP contribution in [-0.4, -0.2) is 18.7 Å². The van der Waals surface area contributed by atoms with Crippen LogP contribution < -0.4 is 0 Å². The van der Waals surface area contributed by atoms with Crippen LogP contribution in [0.4, 0.5) is 4.39 Å². The molecule has 0 aromatic carbocycles. The Balaban J connectivity index is 2.54. The number of hydrogen-bond acceptors (Lipinski definition) is 2. The predicted octanol–water partition coefficient (Wildman–Crippen LogP) is 1.14. The normalized spacial score (nSPS) is 38.1. The van der Waals surface area contributed by atoms with Gasteiger partial charge in [-0.2, -0.15) is 0 Å². The Bertz CT molecular complexity index is 158. The van der Waals surface area contributed by atoms with Crippen molar-refractivity contribution in [1.82, 2.24) is 0 Å². The second kappa shape index (κ2) is 3.60. The number of carbonyl (C=O) groups excluding carboxylic acids is 2. The zero-order chi connectivity index (χ0) is 8.27. The average molecular weight is 158 g/mol. The minimum atomic E-state index is -0.888. The molecule has 0 spiro atoms. The van der Waals surface area contributed by atoms with E-state index in [9.17, 15) is 14.0 Å². The van der Waals surface area contributed by atoms with Gasteiger partial charge in [-0.1, -0.05) is 0 Å². The van der Waals surface area contributed by atoms with Crippen LogP contribution in [0.5, 0.6) is 0 Å². The van der Waals surface area contributed by atoms with Crippen molar-refractivity contribution < 1.29 is 14.0 Å². The van der Waals surface area contributed by atoms with Crippen LogP contribution in [0.2, 0.25) is 0 Å². The Morgan fingerprint density at radius 2 is 1.73 bits per heavy atom. The fourth-order valence-corrected chi connectivity index (χ4v) is 1.50. The molecule has 0 aromatic rings. The van der Waals surface area contributed by atoms with Crippen molar-refractivity contribution in [1.29, 1.82) is 0 Å². The van der Waals surface area contributed by atoms with E-state index in [2.05, 4.69) is 0 Å². The number of halogens is 1. The van der Waals surface area contributed by atoms with Crippen LogP contribution in [0.1, 0.15) is 19.3 Å². The second-order valence-corrected chi connectivity index (χ2v) is 3.01. The lowest BCUT2D eigenvalue weighted by molar-refractivity contribution is -0.121.